The fraction of sp³-hybridized carbons (Fsp3) is 0.238. The van der Waals surface area contributed by atoms with Crippen molar-refractivity contribution in [3.63, 3.8) is 0 Å². The number of aryl methyl sites for hydroxylation is 1. The second kappa shape index (κ2) is 9.97. The molecule has 0 saturated heterocycles. The molecule has 8 heteroatoms. The summed E-state index contributed by atoms with van der Waals surface area (Å²) in [4.78, 5) is 31.2. The number of amides is 1. The molecule has 0 aliphatic carbocycles. The van der Waals surface area contributed by atoms with E-state index in [1.807, 2.05) is 43.3 Å². The highest BCUT2D eigenvalue weighted by Crippen LogP contribution is 2.25. The van der Waals surface area contributed by atoms with Crippen LogP contribution in [0.15, 0.2) is 56.8 Å². The number of rotatable bonds is 8. The Bertz CT molecular complexity index is 1090. The third kappa shape index (κ3) is 5.74. The van der Waals surface area contributed by atoms with Crippen LogP contribution in [0.3, 0.4) is 0 Å². The largest absolute Gasteiger partial charge is 0.492 e. The van der Waals surface area contributed by atoms with Crippen molar-refractivity contribution < 1.29 is 9.53 Å². The van der Waals surface area contributed by atoms with Gasteiger partial charge in [0.1, 0.15) is 11.4 Å². The molecular weight excluding hydrogens is 436 g/mol. The average molecular weight is 457 g/mol. The number of ether oxygens (including phenoxy) is 1. The third-order valence-electron chi connectivity index (χ3n) is 4.08. The van der Waals surface area contributed by atoms with Gasteiger partial charge in [0.15, 0.2) is 0 Å². The number of fused-ring (bicyclic) bond motifs is 1. The van der Waals surface area contributed by atoms with Gasteiger partial charge < -0.3 is 9.72 Å². The molecular formula is C21H21BrN4O3. The van der Waals surface area contributed by atoms with Crippen LogP contribution in [0.2, 0.25) is 0 Å². The van der Waals surface area contributed by atoms with E-state index in [0.29, 0.717) is 23.3 Å². The van der Waals surface area contributed by atoms with Gasteiger partial charge >= 0.3 is 0 Å². The first kappa shape index (κ1) is 20.7. The van der Waals surface area contributed by atoms with E-state index in [0.717, 1.165) is 22.2 Å². The van der Waals surface area contributed by atoms with E-state index in [4.69, 9.17) is 4.74 Å². The molecule has 0 atom stereocenters. The molecule has 0 aliphatic rings. The van der Waals surface area contributed by atoms with Crippen LogP contribution in [0.4, 0.5) is 0 Å². The van der Waals surface area contributed by atoms with Crippen LogP contribution in [0, 0.1) is 0 Å². The van der Waals surface area contributed by atoms with E-state index in [2.05, 4.69) is 36.4 Å². The lowest BCUT2D eigenvalue weighted by Crippen LogP contribution is -2.21. The Morgan fingerprint density at radius 3 is 2.93 bits per heavy atom. The predicted octanol–water partition coefficient (Wildman–Crippen LogP) is 3.56. The van der Waals surface area contributed by atoms with Gasteiger partial charge in [-0.25, -0.2) is 10.4 Å². The van der Waals surface area contributed by atoms with Gasteiger partial charge in [0.05, 0.1) is 28.3 Å². The smallest absolute Gasteiger partial charge is 0.270 e. The van der Waals surface area contributed by atoms with Gasteiger partial charge in [0, 0.05) is 12.8 Å². The molecule has 0 fully saturated rings. The first-order chi connectivity index (χ1) is 14.1. The topological polar surface area (TPSA) is 96.4 Å². The minimum atomic E-state index is -0.294. The SMILES string of the molecule is CCCOc1ccc(/C=N\NC(=O)CCc2nc3ccccc3[nH]c2=O)cc1Br. The molecule has 0 saturated carbocycles. The number of halogens is 1. The zero-order valence-corrected chi connectivity index (χ0v) is 17.5. The maximum atomic E-state index is 12.1. The number of aromatic nitrogens is 2. The Morgan fingerprint density at radius 2 is 2.14 bits per heavy atom. The summed E-state index contributed by atoms with van der Waals surface area (Å²) in [5.41, 5.74) is 4.70. The zero-order valence-electron chi connectivity index (χ0n) is 15.9. The van der Waals surface area contributed by atoms with Crippen molar-refractivity contribution in [3.8, 4) is 5.75 Å². The normalized spacial score (nSPS) is 11.1. The van der Waals surface area contributed by atoms with Gasteiger partial charge in [-0.3, -0.25) is 9.59 Å². The molecule has 0 bridgehead atoms. The number of hydrogen-bond acceptors (Lipinski definition) is 5. The van der Waals surface area contributed by atoms with E-state index in [1.54, 1.807) is 12.3 Å². The molecule has 3 rings (SSSR count). The van der Waals surface area contributed by atoms with Crippen molar-refractivity contribution in [2.24, 2.45) is 5.10 Å². The summed E-state index contributed by atoms with van der Waals surface area (Å²) in [7, 11) is 0. The molecule has 1 aromatic heterocycles. The summed E-state index contributed by atoms with van der Waals surface area (Å²) in [6, 6.07) is 12.8. The number of nitrogens with one attached hydrogen (secondary N) is 2. The number of carbonyl (C=O) groups is 1. The summed E-state index contributed by atoms with van der Waals surface area (Å²) >= 11 is 3.46. The molecule has 2 aromatic carbocycles. The zero-order chi connectivity index (χ0) is 20.6. The maximum absolute atomic E-state index is 12.1. The molecule has 7 nitrogen and oxygen atoms in total. The summed E-state index contributed by atoms with van der Waals surface area (Å²) < 4.78 is 6.42. The minimum Gasteiger partial charge on any atom is -0.492 e. The van der Waals surface area contributed by atoms with Crippen LogP contribution in [-0.4, -0.2) is 28.7 Å². The van der Waals surface area contributed by atoms with Crippen molar-refractivity contribution >= 4 is 39.1 Å². The Labute approximate surface area is 176 Å². The van der Waals surface area contributed by atoms with Crippen molar-refractivity contribution in [2.75, 3.05) is 6.61 Å². The van der Waals surface area contributed by atoms with Crippen LogP contribution >= 0.6 is 15.9 Å². The van der Waals surface area contributed by atoms with Crippen molar-refractivity contribution in [2.45, 2.75) is 26.2 Å². The van der Waals surface area contributed by atoms with Gasteiger partial charge in [-0.15, -0.1) is 0 Å². The van der Waals surface area contributed by atoms with E-state index in [-0.39, 0.29) is 24.3 Å². The lowest BCUT2D eigenvalue weighted by molar-refractivity contribution is -0.121. The van der Waals surface area contributed by atoms with Crippen LogP contribution in [0.25, 0.3) is 11.0 Å². The summed E-state index contributed by atoms with van der Waals surface area (Å²) in [6.07, 6.45) is 2.82. The Kier molecular flexibility index (Phi) is 7.13. The Balaban J connectivity index is 1.54. The van der Waals surface area contributed by atoms with E-state index < -0.39 is 0 Å². The molecule has 1 amide bonds. The van der Waals surface area contributed by atoms with E-state index in [1.165, 1.54) is 0 Å². The van der Waals surface area contributed by atoms with Crippen molar-refractivity contribution in [3.05, 3.63) is 68.5 Å². The Hall–Kier alpha value is -3.00. The highest BCUT2D eigenvalue weighted by atomic mass is 79.9. The molecule has 0 spiro atoms. The van der Waals surface area contributed by atoms with Gasteiger partial charge in [0.25, 0.3) is 5.56 Å². The molecule has 1 heterocycles. The van der Waals surface area contributed by atoms with Crippen LogP contribution in [-0.2, 0) is 11.2 Å². The fourth-order valence-corrected chi connectivity index (χ4v) is 3.14. The fourth-order valence-electron chi connectivity index (χ4n) is 2.63. The van der Waals surface area contributed by atoms with Gasteiger partial charge in [-0.2, -0.15) is 5.10 Å². The highest BCUT2D eigenvalue weighted by Gasteiger charge is 2.08. The standard InChI is InChI=1S/C21H21BrN4O3/c1-2-11-29-19-9-7-14(12-15(19)22)13-23-26-20(27)10-8-18-21(28)25-17-6-4-3-5-16(17)24-18/h3-7,9,12-13H,2,8,10-11H2,1H3,(H,25,28)(H,26,27)/b23-13-. The quantitative estimate of drug-likeness (QED) is 0.400. The molecule has 3 aromatic rings. The van der Waals surface area contributed by atoms with Crippen LogP contribution in [0.1, 0.15) is 31.0 Å². The lowest BCUT2D eigenvalue weighted by atomic mass is 10.2. The second-order valence-corrected chi connectivity index (χ2v) is 7.22. The van der Waals surface area contributed by atoms with Crippen LogP contribution in [0.5, 0.6) is 5.75 Å². The first-order valence-electron chi connectivity index (χ1n) is 9.29. The lowest BCUT2D eigenvalue weighted by Gasteiger charge is -2.07. The van der Waals surface area contributed by atoms with Gasteiger partial charge in [-0.1, -0.05) is 19.1 Å². The van der Waals surface area contributed by atoms with Gasteiger partial charge in [0.2, 0.25) is 5.91 Å². The number of para-hydroxylation sites is 2. The highest BCUT2D eigenvalue weighted by molar-refractivity contribution is 9.10. The third-order valence-corrected chi connectivity index (χ3v) is 4.70. The summed E-state index contributed by atoms with van der Waals surface area (Å²) in [6.45, 7) is 2.70. The molecule has 150 valence electrons. The number of hydrazone groups is 1. The monoisotopic (exact) mass is 456 g/mol. The minimum absolute atomic E-state index is 0.110. The number of benzene rings is 2. The van der Waals surface area contributed by atoms with Crippen LogP contribution < -0.4 is 15.7 Å². The summed E-state index contributed by atoms with van der Waals surface area (Å²) in [5.74, 6) is 0.471. The van der Waals surface area contributed by atoms with Crippen molar-refractivity contribution in [1.29, 1.82) is 0 Å². The number of carbonyl (C=O) groups excluding carboxylic acids is 1. The van der Waals surface area contributed by atoms with Crippen molar-refractivity contribution in [1.82, 2.24) is 15.4 Å². The Morgan fingerprint density at radius 1 is 1.31 bits per heavy atom. The number of nitrogens with zero attached hydrogens (tertiary/aromatic N) is 2. The number of H-pyrrole nitrogens is 1. The molecule has 2 N–H and O–H groups in total. The molecule has 0 radical (unpaired) electrons. The predicted molar refractivity (Wildman–Crippen MR) is 116 cm³/mol. The molecule has 0 unspecified atom stereocenters. The number of hydrogen-bond donors (Lipinski definition) is 2. The van der Waals surface area contributed by atoms with E-state index in [9.17, 15) is 9.59 Å². The molecule has 29 heavy (non-hydrogen) atoms. The van der Waals surface area contributed by atoms with Gasteiger partial charge in [-0.05, 0) is 58.2 Å². The average Bonchev–Trinajstić information content (AvgIpc) is 2.71. The molecule has 0 aliphatic heterocycles. The second-order valence-electron chi connectivity index (χ2n) is 6.36. The number of aromatic amines is 1. The maximum Gasteiger partial charge on any atom is 0.270 e. The van der Waals surface area contributed by atoms with E-state index >= 15 is 0 Å². The summed E-state index contributed by atoms with van der Waals surface area (Å²) in [5, 5.41) is 3.97. The first-order valence-corrected chi connectivity index (χ1v) is 10.1.